The van der Waals surface area contributed by atoms with Crippen LogP contribution in [0.3, 0.4) is 0 Å². The second-order valence-electron chi connectivity index (χ2n) is 7.67. The van der Waals surface area contributed by atoms with E-state index in [0.717, 1.165) is 5.56 Å². The largest absolute Gasteiger partial charge is 0.465 e. The summed E-state index contributed by atoms with van der Waals surface area (Å²) < 4.78 is 5.30. The fraction of sp³-hybridized carbons (Fsp3) is 0. The van der Waals surface area contributed by atoms with Gasteiger partial charge in [0.25, 0.3) is 11.8 Å². The second kappa shape index (κ2) is 11.6. The summed E-state index contributed by atoms with van der Waals surface area (Å²) in [4.78, 5) is 38.1. The van der Waals surface area contributed by atoms with Crippen molar-refractivity contribution in [3.63, 3.8) is 0 Å². The van der Waals surface area contributed by atoms with Gasteiger partial charge < -0.3 is 15.1 Å². The molecular weight excluding hydrogens is 476 g/mol. The van der Waals surface area contributed by atoms with E-state index in [2.05, 4.69) is 10.6 Å². The number of amides is 2. The zero-order valence-corrected chi connectivity index (χ0v) is 19.7. The van der Waals surface area contributed by atoms with Crippen LogP contribution >= 0.6 is 11.6 Å². The van der Waals surface area contributed by atoms with E-state index in [4.69, 9.17) is 16.0 Å². The molecule has 4 rings (SSSR count). The third-order valence-electron chi connectivity index (χ3n) is 5.08. The maximum absolute atomic E-state index is 13.0. The minimum absolute atomic E-state index is 0.00449. The second-order valence-corrected chi connectivity index (χ2v) is 8.11. The maximum Gasteiger partial charge on any atom is 0.272 e. The number of hydrogen-bond donors (Lipinski definition) is 2. The van der Waals surface area contributed by atoms with E-state index in [9.17, 15) is 14.4 Å². The van der Waals surface area contributed by atoms with E-state index in [0.29, 0.717) is 27.6 Å². The summed E-state index contributed by atoms with van der Waals surface area (Å²) >= 11 is 5.88. The monoisotopic (exact) mass is 496 g/mol. The van der Waals surface area contributed by atoms with Crippen LogP contribution in [0.4, 0.5) is 5.69 Å². The van der Waals surface area contributed by atoms with Crippen molar-refractivity contribution in [1.82, 2.24) is 5.32 Å². The van der Waals surface area contributed by atoms with E-state index < -0.39 is 11.8 Å². The molecule has 6 nitrogen and oxygen atoms in total. The Bertz CT molecular complexity index is 1410. The quantitative estimate of drug-likeness (QED) is 0.223. The smallest absolute Gasteiger partial charge is 0.272 e. The zero-order valence-electron chi connectivity index (χ0n) is 19.0. The van der Waals surface area contributed by atoms with Gasteiger partial charge in [-0.1, -0.05) is 48.0 Å². The Morgan fingerprint density at radius 1 is 0.778 bits per heavy atom. The molecule has 0 fully saturated rings. The molecule has 36 heavy (non-hydrogen) atoms. The molecule has 0 spiro atoms. The summed E-state index contributed by atoms with van der Waals surface area (Å²) in [5.41, 5.74) is 2.18. The van der Waals surface area contributed by atoms with E-state index in [1.807, 2.05) is 12.1 Å². The van der Waals surface area contributed by atoms with Gasteiger partial charge in [0, 0.05) is 27.9 Å². The molecule has 2 N–H and O–H groups in total. The summed E-state index contributed by atoms with van der Waals surface area (Å²) in [6.07, 6.45) is 6.09. The normalized spacial score (nSPS) is 11.3. The Morgan fingerprint density at radius 2 is 1.50 bits per heavy atom. The van der Waals surface area contributed by atoms with E-state index in [-0.39, 0.29) is 11.5 Å². The van der Waals surface area contributed by atoms with Gasteiger partial charge in [-0.3, -0.25) is 14.4 Å². The minimum atomic E-state index is -0.544. The molecule has 0 aliphatic heterocycles. The van der Waals surface area contributed by atoms with Crippen molar-refractivity contribution in [3.8, 4) is 0 Å². The summed E-state index contributed by atoms with van der Waals surface area (Å²) in [5, 5.41) is 5.99. The first-order valence-corrected chi connectivity index (χ1v) is 11.4. The summed E-state index contributed by atoms with van der Waals surface area (Å²) in [5.74, 6) is -0.757. The van der Waals surface area contributed by atoms with Gasteiger partial charge in [0.15, 0.2) is 5.78 Å². The van der Waals surface area contributed by atoms with Gasteiger partial charge in [0.2, 0.25) is 0 Å². The minimum Gasteiger partial charge on any atom is -0.465 e. The lowest BCUT2D eigenvalue weighted by atomic mass is 10.1. The first-order chi connectivity index (χ1) is 17.5. The molecule has 0 radical (unpaired) electrons. The number of carbonyl (C=O) groups is 3. The fourth-order valence-corrected chi connectivity index (χ4v) is 3.34. The molecule has 178 valence electrons. The summed E-state index contributed by atoms with van der Waals surface area (Å²) in [6.45, 7) is 0. The van der Waals surface area contributed by atoms with Gasteiger partial charge in [0.05, 0.1) is 6.26 Å². The highest BCUT2D eigenvalue weighted by atomic mass is 35.5. The van der Waals surface area contributed by atoms with Gasteiger partial charge in [-0.25, -0.2) is 0 Å². The van der Waals surface area contributed by atoms with Crippen LogP contribution in [0.5, 0.6) is 0 Å². The standard InChI is InChI=1S/C29H21ClN2O4/c30-23-13-8-20(9-14-23)10-17-27(33)21-11-15-24(16-12-21)31-29(35)26(19-25-7-4-18-36-25)32-28(34)22-5-2-1-3-6-22/h1-19H,(H,31,35)(H,32,34)/b17-10+,26-19-. The molecule has 0 saturated heterocycles. The average Bonchev–Trinajstić information content (AvgIpc) is 3.42. The molecule has 1 heterocycles. The predicted octanol–water partition coefficient (Wildman–Crippen LogP) is 6.24. The van der Waals surface area contributed by atoms with Gasteiger partial charge in [-0.2, -0.15) is 0 Å². The molecule has 4 aromatic rings. The molecule has 1 aromatic heterocycles. The molecule has 0 saturated carbocycles. The number of rotatable bonds is 8. The van der Waals surface area contributed by atoms with Gasteiger partial charge in [0.1, 0.15) is 11.5 Å². The van der Waals surface area contributed by atoms with Crippen LogP contribution in [0.25, 0.3) is 12.2 Å². The highest BCUT2D eigenvalue weighted by Crippen LogP contribution is 2.15. The highest BCUT2D eigenvalue weighted by molar-refractivity contribution is 6.30. The molecule has 7 heteroatoms. The Morgan fingerprint density at radius 3 is 2.17 bits per heavy atom. The highest BCUT2D eigenvalue weighted by Gasteiger charge is 2.16. The van der Waals surface area contributed by atoms with Crippen LogP contribution < -0.4 is 10.6 Å². The van der Waals surface area contributed by atoms with Gasteiger partial charge in [-0.05, 0) is 72.3 Å². The number of halogens is 1. The zero-order chi connectivity index (χ0) is 25.3. The first kappa shape index (κ1) is 24.4. The Hall–Kier alpha value is -4.68. The number of anilines is 1. The third kappa shape index (κ3) is 6.68. The van der Waals surface area contributed by atoms with E-state index in [1.165, 1.54) is 18.4 Å². The fourth-order valence-electron chi connectivity index (χ4n) is 3.22. The lowest BCUT2D eigenvalue weighted by Crippen LogP contribution is -2.30. The van der Waals surface area contributed by atoms with Crippen molar-refractivity contribution in [2.24, 2.45) is 0 Å². The lowest BCUT2D eigenvalue weighted by molar-refractivity contribution is -0.113. The van der Waals surface area contributed by atoms with Gasteiger partial charge in [-0.15, -0.1) is 0 Å². The summed E-state index contributed by atoms with van der Waals surface area (Å²) in [7, 11) is 0. The number of ketones is 1. The van der Waals surface area contributed by atoms with Crippen LogP contribution in [0, 0.1) is 0 Å². The van der Waals surface area contributed by atoms with Crippen molar-refractivity contribution in [3.05, 3.63) is 137 Å². The number of furan rings is 1. The van der Waals surface area contributed by atoms with E-state index >= 15 is 0 Å². The van der Waals surface area contributed by atoms with E-state index in [1.54, 1.807) is 84.9 Å². The average molecular weight is 497 g/mol. The number of allylic oxidation sites excluding steroid dienone is 1. The van der Waals surface area contributed by atoms with Crippen molar-refractivity contribution in [2.45, 2.75) is 0 Å². The summed E-state index contributed by atoms with van der Waals surface area (Å²) in [6, 6.07) is 25.5. The lowest BCUT2D eigenvalue weighted by Gasteiger charge is -2.11. The van der Waals surface area contributed by atoms with Gasteiger partial charge >= 0.3 is 0 Å². The van der Waals surface area contributed by atoms with Crippen LogP contribution in [-0.2, 0) is 4.79 Å². The topological polar surface area (TPSA) is 88.4 Å². The van der Waals surface area contributed by atoms with Crippen LogP contribution in [0.15, 0.2) is 113 Å². The number of benzene rings is 3. The van der Waals surface area contributed by atoms with Crippen LogP contribution in [-0.4, -0.2) is 17.6 Å². The Kier molecular flexibility index (Phi) is 7.90. The first-order valence-electron chi connectivity index (χ1n) is 11.0. The number of nitrogens with one attached hydrogen (secondary N) is 2. The molecule has 2 amide bonds. The molecule has 0 unspecified atom stereocenters. The number of hydrogen-bond acceptors (Lipinski definition) is 4. The predicted molar refractivity (Wildman–Crippen MR) is 140 cm³/mol. The van der Waals surface area contributed by atoms with Crippen molar-refractivity contribution >= 4 is 47.0 Å². The molecule has 0 atom stereocenters. The van der Waals surface area contributed by atoms with Crippen molar-refractivity contribution < 1.29 is 18.8 Å². The Balaban J connectivity index is 1.45. The van der Waals surface area contributed by atoms with Crippen LogP contribution in [0.1, 0.15) is 32.0 Å². The Labute approximate surface area is 212 Å². The molecule has 0 aliphatic carbocycles. The molecule has 0 bridgehead atoms. The third-order valence-corrected chi connectivity index (χ3v) is 5.34. The molecular formula is C29H21ClN2O4. The molecule has 0 aliphatic rings. The maximum atomic E-state index is 13.0. The van der Waals surface area contributed by atoms with Crippen molar-refractivity contribution in [1.29, 1.82) is 0 Å². The van der Waals surface area contributed by atoms with Crippen LogP contribution in [0.2, 0.25) is 5.02 Å². The molecule has 3 aromatic carbocycles. The SMILES string of the molecule is O=C(Nc1ccc(C(=O)/C=C/c2ccc(Cl)cc2)cc1)/C(=C/c1ccco1)NC(=O)c1ccccc1. The van der Waals surface area contributed by atoms with Crippen molar-refractivity contribution in [2.75, 3.05) is 5.32 Å². The number of carbonyl (C=O) groups excluding carboxylic acids is 3.